The normalized spacial score (nSPS) is 19.9. The summed E-state index contributed by atoms with van der Waals surface area (Å²) >= 11 is 0. The van der Waals surface area contributed by atoms with Crippen LogP contribution in [0.2, 0.25) is 0 Å². The molecule has 0 aromatic heterocycles. The molecule has 0 aliphatic carbocycles. The van der Waals surface area contributed by atoms with Gasteiger partial charge in [-0.3, -0.25) is 0 Å². The molecule has 112 valence electrons. The second kappa shape index (κ2) is 6.13. The maximum absolute atomic E-state index is 14.4. The Morgan fingerprint density at radius 1 is 1.40 bits per heavy atom. The zero-order valence-electron chi connectivity index (χ0n) is 13.1. The molecule has 1 fully saturated rings. The lowest BCUT2D eigenvalue weighted by molar-refractivity contribution is 0.212. The van der Waals surface area contributed by atoms with Crippen LogP contribution < -0.4 is 10.1 Å². The molecular weight excluding hydrogens is 253 g/mol. The van der Waals surface area contributed by atoms with E-state index in [1.165, 1.54) is 24.0 Å². The topological polar surface area (TPSA) is 21.3 Å². The van der Waals surface area contributed by atoms with E-state index in [4.69, 9.17) is 4.74 Å². The average molecular weight is 279 g/mol. The van der Waals surface area contributed by atoms with Crippen LogP contribution in [0.3, 0.4) is 0 Å². The van der Waals surface area contributed by atoms with E-state index in [9.17, 15) is 4.39 Å². The van der Waals surface area contributed by atoms with Crippen molar-refractivity contribution in [3.05, 3.63) is 28.8 Å². The van der Waals surface area contributed by atoms with E-state index in [-0.39, 0.29) is 0 Å². The minimum absolute atomic E-state index is 0.620. The van der Waals surface area contributed by atoms with Gasteiger partial charge in [0.2, 0.25) is 0 Å². The number of nitrogens with one attached hydrogen (secondary N) is 1. The van der Waals surface area contributed by atoms with Gasteiger partial charge in [-0.1, -0.05) is 12.1 Å². The van der Waals surface area contributed by atoms with Crippen LogP contribution >= 0.6 is 0 Å². The number of aryl methyl sites for hydroxylation is 1. The number of benzene rings is 1. The lowest BCUT2D eigenvalue weighted by atomic mass is 9.86. The molecule has 3 heteroatoms. The van der Waals surface area contributed by atoms with E-state index in [1.54, 1.807) is 21.0 Å². The summed E-state index contributed by atoms with van der Waals surface area (Å²) in [5, 5.41) is 3.44. The Morgan fingerprint density at radius 3 is 2.70 bits per heavy atom. The monoisotopic (exact) mass is 279 g/mol. The molecule has 1 aliphatic rings. The second-order valence-corrected chi connectivity index (χ2v) is 6.33. The summed E-state index contributed by atoms with van der Waals surface area (Å²) < 4.78 is 19.9. The zero-order valence-corrected chi connectivity index (χ0v) is 13.1. The summed E-state index contributed by atoms with van der Waals surface area (Å²) in [5.41, 5.74) is 1.65. The number of hydrogen-bond acceptors (Lipinski definition) is 2. The second-order valence-electron chi connectivity index (χ2n) is 6.33. The number of hydrogen-bond donors (Lipinski definition) is 1. The van der Waals surface area contributed by atoms with Gasteiger partial charge in [0.25, 0.3) is 0 Å². The molecule has 0 spiro atoms. The molecule has 2 rings (SSSR count). The van der Waals surface area contributed by atoms with E-state index in [0.29, 0.717) is 11.5 Å². The van der Waals surface area contributed by atoms with Crippen LogP contribution in [0, 0.1) is 12.8 Å². The van der Waals surface area contributed by atoms with Gasteiger partial charge in [-0.15, -0.1) is 0 Å². The van der Waals surface area contributed by atoms with E-state index in [1.807, 2.05) is 12.1 Å². The van der Waals surface area contributed by atoms with Gasteiger partial charge in [0, 0.05) is 5.56 Å². The van der Waals surface area contributed by atoms with Gasteiger partial charge in [0.1, 0.15) is 11.4 Å². The summed E-state index contributed by atoms with van der Waals surface area (Å²) in [6, 6.07) is 3.88. The Morgan fingerprint density at radius 2 is 2.15 bits per heavy atom. The van der Waals surface area contributed by atoms with Crippen molar-refractivity contribution >= 4 is 0 Å². The highest BCUT2D eigenvalue weighted by Gasteiger charge is 2.27. The summed E-state index contributed by atoms with van der Waals surface area (Å²) in [6.45, 7) is 7.43. The van der Waals surface area contributed by atoms with Crippen molar-refractivity contribution in [1.82, 2.24) is 5.32 Å². The number of ether oxygens (including phenoxy) is 1. The van der Waals surface area contributed by atoms with Crippen molar-refractivity contribution in [1.29, 1.82) is 0 Å². The van der Waals surface area contributed by atoms with Crippen LogP contribution in [-0.2, 0) is 12.1 Å². The van der Waals surface area contributed by atoms with Crippen LogP contribution in [0.1, 0.15) is 43.4 Å². The van der Waals surface area contributed by atoms with Gasteiger partial charge in [-0.05, 0) is 70.2 Å². The third-order valence-electron chi connectivity index (χ3n) is 4.23. The van der Waals surface area contributed by atoms with Gasteiger partial charge in [0.05, 0.1) is 7.11 Å². The average Bonchev–Trinajstić information content (AvgIpc) is 2.40. The van der Waals surface area contributed by atoms with Crippen molar-refractivity contribution in [3.8, 4) is 5.75 Å². The lowest BCUT2D eigenvalue weighted by Gasteiger charge is -2.27. The molecule has 20 heavy (non-hydrogen) atoms. The summed E-state index contributed by atoms with van der Waals surface area (Å²) in [4.78, 5) is 0. The molecule has 1 heterocycles. The molecule has 0 amide bonds. The smallest absolute Gasteiger partial charge is 0.134 e. The molecule has 0 radical (unpaired) electrons. The highest BCUT2D eigenvalue weighted by atomic mass is 19.1. The summed E-state index contributed by atoms with van der Waals surface area (Å²) in [5.74, 6) is 1.36. The van der Waals surface area contributed by atoms with E-state index in [2.05, 4.69) is 12.2 Å². The molecule has 0 saturated carbocycles. The Hall–Kier alpha value is -1.09. The maximum atomic E-state index is 14.4. The lowest BCUT2D eigenvalue weighted by Crippen LogP contribution is -2.31. The van der Waals surface area contributed by atoms with Crippen LogP contribution in [0.5, 0.6) is 5.75 Å². The quantitative estimate of drug-likeness (QED) is 0.906. The van der Waals surface area contributed by atoms with Crippen molar-refractivity contribution < 1.29 is 9.13 Å². The van der Waals surface area contributed by atoms with Gasteiger partial charge >= 0.3 is 0 Å². The van der Waals surface area contributed by atoms with Crippen molar-refractivity contribution in [3.63, 3.8) is 0 Å². The maximum Gasteiger partial charge on any atom is 0.134 e. The predicted molar refractivity (Wildman–Crippen MR) is 81.2 cm³/mol. The summed E-state index contributed by atoms with van der Waals surface area (Å²) in [6.07, 6.45) is 3.42. The fourth-order valence-corrected chi connectivity index (χ4v) is 3.07. The van der Waals surface area contributed by atoms with Gasteiger partial charge in [-0.2, -0.15) is 0 Å². The molecule has 1 aliphatic heterocycles. The van der Waals surface area contributed by atoms with Crippen LogP contribution in [0.25, 0.3) is 0 Å². The molecular formula is C17H26FNO. The third-order valence-corrected chi connectivity index (χ3v) is 4.23. The number of halogens is 1. The Kier molecular flexibility index (Phi) is 4.69. The largest absolute Gasteiger partial charge is 0.496 e. The zero-order chi connectivity index (χ0) is 14.8. The minimum atomic E-state index is -1.38. The molecule has 1 aromatic carbocycles. The van der Waals surface area contributed by atoms with Crippen molar-refractivity contribution in [2.24, 2.45) is 5.92 Å². The molecule has 1 unspecified atom stereocenters. The van der Waals surface area contributed by atoms with E-state index in [0.717, 1.165) is 25.3 Å². The standard InChI is InChI=1S/C17H26FNO/c1-12-7-8-15(17(2,3)18)16(20-4)14(12)10-13-6-5-9-19-11-13/h7-8,13,19H,5-6,9-11H2,1-4H3. The van der Waals surface area contributed by atoms with Crippen molar-refractivity contribution in [2.75, 3.05) is 20.2 Å². The fraction of sp³-hybridized carbons (Fsp3) is 0.647. The fourth-order valence-electron chi connectivity index (χ4n) is 3.07. The van der Waals surface area contributed by atoms with Crippen LogP contribution in [0.15, 0.2) is 12.1 Å². The van der Waals surface area contributed by atoms with Crippen LogP contribution in [0.4, 0.5) is 4.39 Å². The first-order chi connectivity index (χ1) is 9.43. The van der Waals surface area contributed by atoms with Crippen LogP contribution in [-0.4, -0.2) is 20.2 Å². The Bertz CT molecular complexity index is 459. The molecule has 2 nitrogen and oxygen atoms in total. The molecule has 1 saturated heterocycles. The van der Waals surface area contributed by atoms with Gasteiger partial charge in [0.15, 0.2) is 0 Å². The first-order valence-corrected chi connectivity index (χ1v) is 7.50. The molecule has 0 bridgehead atoms. The summed E-state index contributed by atoms with van der Waals surface area (Å²) in [7, 11) is 1.65. The Labute approximate surface area is 121 Å². The van der Waals surface area contributed by atoms with E-state index < -0.39 is 5.67 Å². The number of piperidine rings is 1. The Balaban J connectivity index is 2.34. The number of methoxy groups -OCH3 is 1. The highest BCUT2D eigenvalue weighted by Crippen LogP contribution is 2.38. The van der Waals surface area contributed by atoms with Crippen molar-refractivity contribution in [2.45, 2.75) is 45.7 Å². The third kappa shape index (κ3) is 3.32. The predicted octanol–water partition coefficient (Wildman–Crippen LogP) is 3.75. The van der Waals surface area contributed by atoms with Gasteiger partial charge < -0.3 is 10.1 Å². The number of alkyl halides is 1. The van der Waals surface area contributed by atoms with E-state index >= 15 is 0 Å². The minimum Gasteiger partial charge on any atom is -0.496 e. The number of rotatable bonds is 4. The first-order valence-electron chi connectivity index (χ1n) is 7.50. The molecule has 1 aromatic rings. The first kappa shape index (κ1) is 15.3. The molecule has 1 N–H and O–H groups in total. The SMILES string of the molecule is COc1c(C(C)(C)F)ccc(C)c1CC1CCCNC1. The highest BCUT2D eigenvalue weighted by molar-refractivity contribution is 5.48. The van der Waals surface area contributed by atoms with Gasteiger partial charge in [-0.25, -0.2) is 4.39 Å². The molecule has 1 atom stereocenters.